The van der Waals surface area contributed by atoms with Gasteiger partial charge in [-0.15, -0.1) is 16.4 Å². The maximum atomic E-state index is 6.42. The highest BCUT2D eigenvalue weighted by Gasteiger charge is 2.27. The van der Waals surface area contributed by atoms with E-state index in [1.807, 2.05) is 13.1 Å². The van der Waals surface area contributed by atoms with E-state index in [4.69, 9.17) is 11.5 Å². The molecule has 5 rings (SSSR count). The van der Waals surface area contributed by atoms with Gasteiger partial charge in [-0.2, -0.15) is 0 Å². The number of nitrogens with two attached hydrogens (primary N) is 2. The van der Waals surface area contributed by atoms with Crippen LogP contribution in [0.2, 0.25) is 0 Å². The van der Waals surface area contributed by atoms with Crippen LogP contribution >= 0.6 is 11.3 Å². The summed E-state index contributed by atoms with van der Waals surface area (Å²) in [5.74, 6) is 0.890. The van der Waals surface area contributed by atoms with E-state index >= 15 is 0 Å². The topological polar surface area (TPSA) is 107 Å². The first-order chi connectivity index (χ1) is 13.6. The van der Waals surface area contributed by atoms with Crippen molar-refractivity contribution < 1.29 is 0 Å². The molecule has 7 nitrogen and oxygen atoms in total. The van der Waals surface area contributed by atoms with Crippen molar-refractivity contribution in [3.63, 3.8) is 0 Å². The molecular formula is C20H23N7S. The van der Waals surface area contributed by atoms with Gasteiger partial charge in [0.2, 0.25) is 0 Å². The molecule has 0 radical (unpaired) electrons. The van der Waals surface area contributed by atoms with Gasteiger partial charge in [0.1, 0.15) is 5.82 Å². The number of thiazole rings is 1. The number of benzene rings is 1. The van der Waals surface area contributed by atoms with Gasteiger partial charge in [0, 0.05) is 29.7 Å². The normalized spacial score (nSPS) is 20.1. The number of hydrogen-bond donors (Lipinski definition) is 3. The highest BCUT2D eigenvalue weighted by atomic mass is 32.1. The number of imidazole rings is 1. The van der Waals surface area contributed by atoms with E-state index in [1.165, 1.54) is 4.70 Å². The molecule has 0 aliphatic heterocycles. The fourth-order valence-corrected chi connectivity index (χ4v) is 4.99. The van der Waals surface area contributed by atoms with E-state index in [-0.39, 0.29) is 6.04 Å². The molecule has 8 heteroatoms. The predicted molar refractivity (Wildman–Crippen MR) is 114 cm³/mol. The van der Waals surface area contributed by atoms with Crippen LogP contribution in [0, 0.1) is 6.92 Å². The van der Waals surface area contributed by atoms with Crippen molar-refractivity contribution in [1.29, 1.82) is 0 Å². The molecular weight excluding hydrogens is 370 g/mol. The predicted octanol–water partition coefficient (Wildman–Crippen LogP) is 3.96. The maximum Gasteiger partial charge on any atom is 0.177 e. The van der Waals surface area contributed by atoms with E-state index in [9.17, 15) is 0 Å². The average Bonchev–Trinajstić information content (AvgIpc) is 3.28. The number of aromatic nitrogens is 4. The second-order valence-corrected chi connectivity index (χ2v) is 8.76. The zero-order valence-electron chi connectivity index (χ0n) is 15.7. The lowest BCUT2D eigenvalue weighted by molar-refractivity contribution is 0.396. The molecule has 4 aromatic rings. The summed E-state index contributed by atoms with van der Waals surface area (Å²) in [6, 6.07) is 6.55. The lowest BCUT2D eigenvalue weighted by atomic mass is 9.81. The monoisotopic (exact) mass is 393 g/mol. The van der Waals surface area contributed by atoms with Crippen LogP contribution in [0.1, 0.15) is 42.2 Å². The fraction of sp³-hybridized carbons (Fsp3) is 0.350. The van der Waals surface area contributed by atoms with Gasteiger partial charge in [-0.1, -0.05) is 0 Å². The summed E-state index contributed by atoms with van der Waals surface area (Å²) in [6.45, 7) is 2.03. The number of rotatable bonds is 3. The molecule has 3 aromatic heterocycles. The first-order valence-corrected chi connectivity index (χ1v) is 10.4. The van der Waals surface area contributed by atoms with Gasteiger partial charge in [-0.25, -0.2) is 14.5 Å². The minimum Gasteiger partial charge on any atom is -0.382 e. The van der Waals surface area contributed by atoms with E-state index < -0.39 is 0 Å². The van der Waals surface area contributed by atoms with Crippen LogP contribution in [-0.4, -0.2) is 25.6 Å². The van der Waals surface area contributed by atoms with Gasteiger partial charge in [0.05, 0.1) is 20.9 Å². The number of fused-ring (bicyclic) bond motifs is 2. The zero-order valence-corrected chi connectivity index (χ0v) is 16.5. The van der Waals surface area contributed by atoms with Crippen LogP contribution in [-0.2, 0) is 0 Å². The minimum absolute atomic E-state index is 0.285. The molecule has 1 fully saturated rings. The van der Waals surface area contributed by atoms with Crippen molar-refractivity contribution in [2.24, 2.45) is 5.73 Å². The highest BCUT2D eigenvalue weighted by molar-refractivity contribution is 7.18. The van der Waals surface area contributed by atoms with E-state index in [2.05, 4.69) is 38.6 Å². The van der Waals surface area contributed by atoms with Crippen molar-refractivity contribution in [3.8, 4) is 0 Å². The van der Waals surface area contributed by atoms with Crippen molar-refractivity contribution in [3.05, 3.63) is 41.2 Å². The van der Waals surface area contributed by atoms with Gasteiger partial charge in [-0.05, 0) is 56.7 Å². The molecule has 0 unspecified atom stereocenters. The Labute approximate surface area is 166 Å². The molecule has 0 spiro atoms. The van der Waals surface area contributed by atoms with Crippen molar-refractivity contribution in [2.75, 3.05) is 11.1 Å². The number of nitrogens with zero attached hydrogens (tertiary/aromatic N) is 4. The van der Waals surface area contributed by atoms with Gasteiger partial charge in [0.15, 0.2) is 5.65 Å². The molecule has 0 atom stereocenters. The summed E-state index contributed by atoms with van der Waals surface area (Å²) in [4.78, 5) is 9.15. The summed E-state index contributed by atoms with van der Waals surface area (Å²) in [7, 11) is 0. The van der Waals surface area contributed by atoms with Gasteiger partial charge in [0.25, 0.3) is 0 Å². The summed E-state index contributed by atoms with van der Waals surface area (Å²) in [5, 5.41) is 9.18. The minimum atomic E-state index is 0.285. The summed E-state index contributed by atoms with van der Waals surface area (Å²) in [5.41, 5.74) is 17.3. The second kappa shape index (κ2) is 6.72. The number of nitrogen functional groups attached to an aromatic ring is 1. The third-order valence-electron chi connectivity index (χ3n) is 5.55. The Balaban J connectivity index is 1.61. The quantitative estimate of drug-likeness (QED) is 0.486. The van der Waals surface area contributed by atoms with Gasteiger partial charge < -0.3 is 16.8 Å². The van der Waals surface area contributed by atoms with Crippen LogP contribution in [0.4, 0.5) is 17.2 Å². The first kappa shape index (κ1) is 17.4. The Morgan fingerprint density at radius 3 is 2.86 bits per heavy atom. The lowest BCUT2D eigenvalue weighted by Crippen LogP contribution is -2.26. The Bertz CT molecular complexity index is 1150. The molecule has 28 heavy (non-hydrogen) atoms. The van der Waals surface area contributed by atoms with Crippen LogP contribution in [0.3, 0.4) is 0 Å². The Hall–Kier alpha value is -2.71. The van der Waals surface area contributed by atoms with Crippen molar-refractivity contribution >= 4 is 44.4 Å². The molecule has 0 amide bonds. The number of anilines is 3. The smallest absolute Gasteiger partial charge is 0.177 e. The standard InChI is InChI=1S/C20H23N7S/c1-11-24-15-10-14(6-7-16(15)28-11)25-18-17(12-2-4-13(21)5-3-12)19(22)26-27-9-8-23-20(18)27/h6-10,12-13,25H,2-5,21H2,1H3,(H2,22,26). The molecule has 1 aliphatic carbocycles. The van der Waals surface area contributed by atoms with Crippen molar-refractivity contribution in [1.82, 2.24) is 19.6 Å². The molecule has 0 saturated heterocycles. The van der Waals surface area contributed by atoms with Crippen LogP contribution in [0.5, 0.6) is 0 Å². The first-order valence-electron chi connectivity index (χ1n) is 9.61. The fourth-order valence-electron chi connectivity index (χ4n) is 4.18. The molecule has 5 N–H and O–H groups in total. The molecule has 144 valence electrons. The lowest BCUT2D eigenvalue weighted by Gasteiger charge is -2.28. The van der Waals surface area contributed by atoms with Crippen molar-refractivity contribution in [2.45, 2.75) is 44.6 Å². The third kappa shape index (κ3) is 2.98. The van der Waals surface area contributed by atoms with Crippen LogP contribution in [0.25, 0.3) is 15.9 Å². The van der Waals surface area contributed by atoms with Gasteiger partial charge in [-0.3, -0.25) is 0 Å². The number of aryl methyl sites for hydroxylation is 1. The Morgan fingerprint density at radius 2 is 2.04 bits per heavy atom. The number of nitrogens with one attached hydrogen (secondary N) is 1. The summed E-state index contributed by atoms with van der Waals surface area (Å²) in [6.07, 6.45) is 7.62. The second-order valence-electron chi connectivity index (χ2n) is 7.52. The molecule has 1 aliphatic rings. The highest BCUT2D eigenvalue weighted by Crippen LogP contribution is 2.41. The van der Waals surface area contributed by atoms with Crippen LogP contribution < -0.4 is 16.8 Å². The Kier molecular flexibility index (Phi) is 4.17. The van der Waals surface area contributed by atoms with E-state index in [0.717, 1.165) is 58.8 Å². The van der Waals surface area contributed by atoms with E-state index in [1.54, 1.807) is 22.0 Å². The average molecular weight is 394 g/mol. The van der Waals surface area contributed by atoms with E-state index in [0.29, 0.717) is 11.7 Å². The molecule has 3 heterocycles. The zero-order chi connectivity index (χ0) is 19.3. The third-order valence-corrected chi connectivity index (χ3v) is 6.50. The maximum absolute atomic E-state index is 6.42. The van der Waals surface area contributed by atoms with Crippen LogP contribution in [0.15, 0.2) is 30.6 Å². The SMILES string of the molecule is Cc1nc2cc(Nc3c(C4CCC(N)CC4)c(N)nn4ccnc34)ccc2s1. The van der Waals surface area contributed by atoms with Gasteiger partial charge >= 0.3 is 0 Å². The molecule has 0 bridgehead atoms. The summed E-state index contributed by atoms with van der Waals surface area (Å²) < 4.78 is 2.92. The largest absolute Gasteiger partial charge is 0.382 e. The Morgan fingerprint density at radius 1 is 1.21 bits per heavy atom. The molecule has 1 aromatic carbocycles. The number of hydrogen-bond acceptors (Lipinski definition) is 7. The molecule has 1 saturated carbocycles. The summed E-state index contributed by atoms with van der Waals surface area (Å²) >= 11 is 1.70.